The fourth-order valence-corrected chi connectivity index (χ4v) is 3.39. The van der Waals surface area contributed by atoms with Crippen molar-refractivity contribution in [1.29, 1.82) is 0 Å². The zero-order valence-corrected chi connectivity index (χ0v) is 14.4. The minimum absolute atomic E-state index is 0.437. The van der Waals surface area contributed by atoms with Gasteiger partial charge in [0.1, 0.15) is 3.70 Å². The van der Waals surface area contributed by atoms with E-state index in [0.29, 0.717) is 6.04 Å². The van der Waals surface area contributed by atoms with Crippen LogP contribution in [0.25, 0.3) is 16.8 Å². The molecule has 0 unspecified atom stereocenters. The number of imidazole rings is 1. The van der Waals surface area contributed by atoms with E-state index in [-0.39, 0.29) is 0 Å². The van der Waals surface area contributed by atoms with Gasteiger partial charge < -0.3 is 4.74 Å². The van der Waals surface area contributed by atoms with Crippen molar-refractivity contribution >= 4 is 28.2 Å². The maximum absolute atomic E-state index is 5.42. The third-order valence-electron chi connectivity index (χ3n) is 4.11. The van der Waals surface area contributed by atoms with Gasteiger partial charge in [-0.3, -0.25) is 4.68 Å². The highest BCUT2D eigenvalue weighted by molar-refractivity contribution is 14.1. The predicted octanol–water partition coefficient (Wildman–Crippen LogP) is 2.86. The second-order valence-corrected chi connectivity index (χ2v) is 6.65. The number of aromatic nitrogens is 5. The molecule has 0 N–H and O–H groups in total. The Morgan fingerprint density at radius 2 is 2.09 bits per heavy atom. The van der Waals surface area contributed by atoms with Crippen molar-refractivity contribution in [1.82, 2.24) is 24.4 Å². The van der Waals surface area contributed by atoms with Gasteiger partial charge >= 0.3 is 0 Å². The Balaban J connectivity index is 1.72. The molecule has 3 aromatic heterocycles. The van der Waals surface area contributed by atoms with Crippen LogP contribution in [0.4, 0.5) is 0 Å². The van der Waals surface area contributed by atoms with Crippen LogP contribution in [-0.2, 0) is 4.74 Å². The molecule has 0 amide bonds. The lowest BCUT2D eigenvalue weighted by molar-refractivity contribution is 0.0662. The van der Waals surface area contributed by atoms with Gasteiger partial charge in [-0.15, -0.1) is 0 Å². The molecule has 0 bridgehead atoms. The monoisotopic (exact) mass is 409 g/mol. The molecule has 7 heteroatoms. The molecule has 4 heterocycles. The molecule has 1 aliphatic rings. The minimum atomic E-state index is 0.437. The van der Waals surface area contributed by atoms with Crippen molar-refractivity contribution in [3.63, 3.8) is 0 Å². The maximum Gasteiger partial charge on any atom is 0.155 e. The van der Waals surface area contributed by atoms with Crippen LogP contribution in [-0.4, -0.2) is 37.6 Å². The zero-order valence-electron chi connectivity index (χ0n) is 12.2. The lowest BCUT2D eigenvalue weighted by atomic mass is 10.1. The Hall–Kier alpha value is -1.48. The second-order valence-electron chi connectivity index (χ2n) is 5.55. The van der Waals surface area contributed by atoms with E-state index in [9.17, 15) is 0 Å². The summed E-state index contributed by atoms with van der Waals surface area (Å²) in [5.41, 5.74) is 4.03. The maximum atomic E-state index is 5.42. The van der Waals surface area contributed by atoms with Crippen molar-refractivity contribution in [3.8, 4) is 11.1 Å². The summed E-state index contributed by atoms with van der Waals surface area (Å²) in [5, 5.41) is 9.17. The van der Waals surface area contributed by atoms with Gasteiger partial charge in [0.15, 0.2) is 5.65 Å². The van der Waals surface area contributed by atoms with Gasteiger partial charge in [0, 0.05) is 30.5 Å². The molecule has 0 spiro atoms. The van der Waals surface area contributed by atoms with E-state index in [1.54, 1.807) is 0 Å². The molecule has 0 radical (unpaired) electrons. The molecule has 0 atom stereocenters. The summed E-state index contributed by atoms with van der Waals surface area (Å²) in [6.45, 7) is 3.66. The van der Waals surface area contributed by atoms with Gasteiger partial charge in [0.05, 0.1) is 24.1 Å². The number of rotatable bonds is 2. The Labute approximate surface area is 141 Å². The van der Waals surface area contributed by atoms with Crippen LogP contribution in [0.2, 0.25) is 0 Å². The van der Waals surface area contributed by atoms with E-state index in [2.05, 4.69) is 54.7 Å². The molecule has 0 saturated carbocycles. The lowest BCUT2D eigenvalue weighted by Crippen LogP contribution is -2.19. The van der Waals surface area contributed by atoms with Crippen LogP contribution in [0.5, 0.6) is 0 Å². The SMILES string of the molecule is Cc1nn2c(I)cnc2cc1-c1cnn(C2CCOCC2)c1. The summed E-state index contributed by atoms with van der Waals surface area (Å²) in [7, 11) is 0. The van der Waals surface area contributed by atoms with Crippen LogP contribution in [0, 0.1) is 10.6 Å². The molecule has 114 valence electrons. The normalized spacial score (nSPS) is 16.5. The van der Waals surface area contributed by atoms with E-state index in [4.69, 9.17) is 4.74 Å². The van der Waals surface area contributed by atoms with Crippen LogP contribution < -0.4 is 0 Å². The Bertz CT molecular complexity index is 819. The number of halogens is 1. The van der Waals surface area contributed by atoms with Crippen molar-refractivity contribution in [3.05, 3.63) is 34.1 Å². The molecule has 1 fully saturated rings. The second kappa shape index (κ2) is 5.62. The summed E-state index contributed by atoms with van der Waals surface area (Å²) < 4.78 is 10.4. The van der Waals surface area contributed by atoms with Crippen LogP contribution in [0.1, 0.15) is 24.6 Å². The van der Waals surface area contributed by atoms with E-state index in [1.807, 2.05) is 23.8 Å². The first-order valence-electron chi connectivity index (χ1n) is 7.35. The molecule has 4 rings (SSSR count). The van der Waals surface area contributed by atoms with Crippen LogP contribution in [0.3, 0.4) is 0 Å². The topological polar surface area (TPSA) is 57.2 Å². The smallest absolute Gasteiger partial charge is 0.155 e. The first-order chi connectivity index (χ1) is 10.7. The molecule has 22 heavy (non-hydrogen) atoms. The van der Waals surface area contributed by atoms with Crippen molar-refractivity contribution in [2.75, 3.05) is 13.2 Å². The summed E-state index contributed by atoms with van der Waals surface area (Å²) in [6, 6.07) is 2.52. The standard InChI is InChI=1S/C15H16IN5O/c1-10-13(6-15-17-8-14(16)21(15)19-10)11-7-18-20(9-11)12-2-4-22-5-3-12/h6-9,12H,2-5H2,1H3. The quantitative estimate of drug-likeness (QED) is 0.611. The highest BCUT2D eigenvalue weighted by atomic mass is 127. The number of hydrogen-bond donors (Lipinski definition) is 0. The number of hydrogen-bond acceptors (Lipinski definition) is 4. The van der Waals surface area contributed by atoms with Gasteiger partial charge in [-0.1, -0.05) is 0 Å². The summed E-state index contributed by atoms with van der Waals surface area (Å²) >= 11 is 2.24. The average Bonchev–Trinajstić information content (AvgIpc) is 3.16. The summed E-state index contributed by atoms with van der Waals surface area (Å²) in [6.07, 6.45) is 7.91. The van der Waals surface area contributed by atoms with Crippen LogP contribution >= 0.6 is 22.6 Å². The Kier molecular flexibility index (Phi) is 3.61. The van der Waals surface area contributed by atoms with Gasteiger partial charge in [-0.2, -0.15) is 10.2 Å². The predicted molar refractivity (Wildman–Crippen MR) is 90.8 cm³/mol. The molecular formula is C15H16IN5O. The number of aryl methyl sites for hydroxylation is 1. The van der Waals surface area contributed by atoms with E-state index >= 15 is 0 Å². The highest BCUT2D eigenvalue weighted by Gasteiger charge is 2.18. The summed E-state index contributed by atoms with van der Waals surface area (Å²) in [5.74, 6) is 0. The number of ether oxygens (including phenoxy) is 1. The molecule has 3 aromatic rings. The van der Waals surface area contributed by atoms with E-state index in [0.717, 1.165) is 52.2 Å². The van der Waals surface area contributed by atoms with Gasteiger partial charge in [0.25, 0.3) is 0 Å². The third-order valence-corrected chi connectivity index (χ3v) is 4.85. The lowest BCUT2D eigenvalue weighted by Gasteiger charge is -2.22. The first kappa shape index (κ1) is 14.1. The molecule has 0 aliphatic carbocycles. The third kappa shape index (κ3) is 2.41. The van der Waals surface area contributed by atoms with Crippen molar-refractivity contribution < 1.29 is 4.74 Å². The molecule has 1 saturated heterocycles. The Morgan fingerprint density at radius 1 is 1.27 bits per heavy atom. The zero-order chi connectivity index (χ0) is 15.1. The van der Waals surface area contributed by atoms with E-state index < -0.39 is 0 Å². The molecule has 6 nitrogen and oxygen atoms in total. The minimum Gasteiger partial charge on any atom is -0.381 e. The molecule has 0 aromatic carbocycles. The molecular weight excluding hydrogens is 393 g/mol. The highest BCUT2D eigenvalue weighted by Crippen LogP contribution is 2.27. The van der Waals surface area contributed by atoms with Gasteiger partial charge in [-0.05, 0) is 48.4 Å². The molecule has 1 aliphatic heterocycles. The van der Waals surface area contributed by atoms with Gasteiger partial charge in [0.2, 0.25) is 0 Å². The summed E-state index contributed by atoms with van der Waals surface area (Å²) in [4.78, 5) is 4.39. The van der Waals surface area contributed by atoms with E-state index in [1.165, 1.54) is 0 Å². The fourth-order valence-electron chi connectivity index (χ4n) is 2.89. The Morgan fingerprint density at radius 3 is 2.91 bits per heavy atom. The largest absolute Gasteiger partial charge is 0.381 e. The average molecular weight is 409 g/mol. The van der Waals surface area contributed by atoms with Gasteiger partial charge in [-0.25, -0.2) is 9.50 Å². The number of nitrogens with zero attached hydrogens (tertiary/aromatic N) is 5. The van der Waals surface area contributed by atoms with Crippen molar-refractivity contribution in [2.45, 2.75) is 25.8 Å². The van der Waals surface area contributed by atoms with Crippen molar-refractivity contribution in [2.24, 2.45) is 0 Å². The van der Waals surface area contributed by atoms with Crippen LogP contribution in [0.15, 0.2) is 24.7 Å². The number of fused-ring (bicyclic) bond motifs is 1. The fraction of sp³-hybridized carbons (Fsp3) is 0.400. The first-order valence-corrected chi connectivity index (χ1v) is 8.43.